The summed E-state index contributed by atoms with van der Waals surface area (Å²) in [5.74, 6) is 1.14. The SMILES string of the molecule is CCc1noc(-c2ccc(C)c(NC(=O)N3CC[C@@H]4OCCN(C)[C@@H]4C3)c2)n1. The molecule has 150 valence electrons. The number of amides is 2. The molecule has 0 radical (unpaired) electrons. The first kappa shape index (κ1) is 18.9. The zero-order valence-electron chi connectivity index (χ0n) is 16.6. The fourth-order valence-electron chi connectivity index (χ4n) is 3.82. The van der Waals surface area contributed by atoms with Crippen LogP contribution >= 0.6 is 0 Å². The van der Waals surface area contributed by atoms with E-state index in [2.05, 4.69) is 27.4 Å². The Morgan fingerprint density at radius 1 is 1.36 bits per heavy atom. The molecule has 1 aromatic carbocycles. The summed E-state index contributed by atoms with van der Waals surface area (Å²) in [4.78, 5) is 21.4. The largest absolute Gasteiger partial charge is 0.375 e. The lowest BCUT2D eigenvalue weighted by atomic mass is 9.99. The van der Waals surface area contributed by atoms with Gasteiger partial charge in [-0.15, -0.1) is 0 Å². The van der Waals surface area contributed by atoms with Gasteiger partial charge in [-0.25, -0.2) is 4.79 Å². The van der Waals surface area contributed by atoms with Crippen LogP contribution in [0.1, 0.15) is 24.7 Å². The number of hydrogen-bond acceptors (Lipinski definition) is 6. The van der Waals surface area contributed by atoms with Gasteiger partial charge in [0.25, 0.3) is 5.89 Å². The molecular formula is C20H27N5O3. The number of nitrogens with one attached hydrogen (secondary N) is 1. The number of carbonyl (C=O) groups excluding carboxylic acids is 1. The number of carbonyl (C=O) groups is 1. The summed E-state index contributed by atoms with van der Waals surface area (Å²) >= 11 is 0. The van der Waals surface area contributed by atoms with Crippen LogP contribution in [-0.4, -0.2) is 71.4 Å². The van der Waals surface area contributed by atoms with E-state index in [9.17, 15) is 4.79 Å². The highest BCUT2D eigenvalue weighted by atomic mass is 16.5. The average molecular weight is 385 g/mol. The first-order chi connectivity index (χ1) is 13.5. The summed E-state index contributed by atoms with van der Waals surface area (Å²) in [6.45, 7) is 7.00. The number of morpholine rings is 1. The summed E-state index contributed by atoms with van der Waals surface area (Å²) in [6, 6.07) is 5.94. The molecule has 2 fully saturated rings. The van der Waals surface area contributed by atoms with Gasteiger partial charge in [-0.2, -0.15) is 4.98 Å². The number of piperidine rings is 1. The Labute approximate surface area is 164 Å². The zero-order chi connectivity index (χ0) is 19.7. The van der Waals surface area contributed by atoms with Crippen molar-refractivity contribution in [2.45, 2.75) is 38.8 Å². The Morgan fingerprint density at radius 2 is 2.21 bits per heavy atom. The van der Waals surface area contributed by atoms with Gasteiger partial charge in [-0.05, 0) is 38.1 Å². The fraction of sp³-hybridized carbons (Fsp3) is 0.550. The monoisotopic (exact) mass is 385 g/mol. The maximum Gasteiger partial charge on any atom is 0.321 e. The van der Waals surface area contributed by atoms with E-state index in [0.717, 1.165) is 36.4 Å². The van der Waals surface area contributed by atoms with Crippen LogP contribution in [0.15, 0.2) is 22.7 Å². The van der Waals surface area contributed by atoms with Crippen LogP contribution in [0, 0.1) is 6.92 Å². The molecule has 2 amide bonds. The molecule has 2 aliphatic heterocycles. The summed E-state index contributed by atoms with van der Waals surface area (Å²) in [5, 5.41) is 7.00. The van der Waals surface area contributed by atoms with Gasteiger partial charge < -0.3 is 19.5 Å². The summed E-state index contributed by atoms with van der Waals surface area (Å²) in [7, 11) is 2.10. The Morgan fingerprint density at radius 3 is 3.00 bits per heavy atom. The number of hydrogen-bond donors (Lipinski definition) is 1. The summed E-state index contributed by atoms with van der Waals surface area (Å²) in [6.07, 6.45) is 1.80. The van der Waals surface area contributed by atoms with Gasteiger partial charge in [0.05, 0.1) is 18.8 Å². The van der Waals surface area contributed by atoms with E-state index in [0.29, 0.717) is 31.2 Å². The second-order valence-electron chi connectivity index (χ2n) is 7.52. The number of likely N-dealkylation sites (tertiary alicyclic amines) is 1. The van der Waals surface area contributed by atoms with Crippen molar-refractivity contribution in [2.75, 3.05) is 38.6 Å². The minimum atomic E-state index is -0.0857. The molecule has 0 spiro atoms. The van der Waals surface area contributed by atoms with Crippen LogP contribution in [0.5, 0.6) is 0 Å². The minimum absolute atomic E-state index is 0.0857. The molecule has 2 saturated heterocycles. The number of ether oxygens (including phenoxy) is 1. The number of anilines is 1. The van der Waals surface area contributed by atoms with Gasteiger partial charge >= 0.3 is 6.03 Å². The van der Waals surface area contributed by atoms with Crippen LogP contribution < -0.4 is 5.32 Å². The van der Waals surface area contributed by atoms with Gasteiger partial charge in [-0.3, -0.25) is 4.90 Å². The normalized spacial score (nSPS) is 22.8. The molecular weight excluding hydrogens is 358 g/mol. The van der Waals surface area contributed by atoms with E-state index < -0.39 is 0 Å². The van der Waals surface area contributed by atoms with E-state index in [-0.39, 0.29) is 18.2 Å². The maximum absolute atomic E-state index is 12.9. The molecule has 2 aromatic rings. The second kappa shape index (κ2) is 7.89. The van der Waals surface area contributed by atoms with E-state index in [1.807, 2.05) is 36.9 Å². The molecule has 0 unspecified atom stereocenters. The molecule has 0 saturated carbocycles. The van der Waals surface area contributed by atoms with E-state index >= 15 is 0 Å². The van der Waals surface area contributed by atoms with Gasteiger partial charge in [0.15, 0.2) is 5.82 Å². The molecule has 0 aliphatic carbocycles. The molecule has 8 nitrogen and oxygen atoms in total. The number of likely N-dealkylation sites (N-methyl/N-ethyl adjacent to an activating group) is 1. The lowest BCUT2D eigenvalue weighted by molar-refractivity contribution is -0.0875. The van der Waals surface area contributed by atoms with Crippen molar-refractivity contribution in [2.24, 2.45) is 0 Å². The fourth-order valence-corrected chi connectivity index (χ4v) is 3.82. The predicted molar refractivity (Wildman–Crippen MR) is 105 cm³/mol. The van der Waals surface area contributed by atoms with Crippen molar-refractivity contribution in [3.63, 3.8) is 0 Å². The van der Waals surface area contributed by atoms with Crippen molar-refractivity contribution >= 4 is 11.7 Å². The van der Waals surface area contributed by atoms with Crippen molar-refractivity contribution in [1.29, 1.82) is 0 Å². The second-order valence-corrected chi connectivity index (χ2v) is 7.52. The number of benzene rings is 1. The van der Waals surface area contributed by atoms with Gasteiger partial charge in [0, 0.05) is 37.3 Å². The lowest BCUT2D eigenvalue weighted by Gasteiger charge is -2.45. The van der Waals surface area contributed by atoms with E-state index in [1.165, 1.54) is 0 Å². The zero-order valence-corrected chi connectivity index (χ0v) is 16.6. The third-order valence-electron chi connectivity index (χ3n) is 5.66. The van der Waals surface area contributed by atoms with Crippen LogP contribution in [0.4, 0.5) is 10.5 Å². The van der Waals surface area contributed by atoms with Crippen LogP contribution in [0.3, 0.4) is 0 Å². The molecule has 1 N–H and O–H groups in total. The number of rotatable bonds is 3. The molecule has 4 rings (SSSR count). The molecule has 2 aliphatic rings. The van der Waals surface area contributed by atoms with E-state index in [1.54, 1.807) is 0 Å². The van der Waals surface area contributed by atoms with Crippen molar-refractivity contribution in [1.82, 2.24) is 19.9 Å². The van der Waals surface area contributed by atoms with Crippen molar-refractivity contribution in [3.05, 3.63) is 29.6 Å². The van der Waals surface area contributed by atoms with Crippen molar-refractivity contribution < 1.29 is 14.1 Å². The highest BCUT2D eigenvalue weighted by Gasteiger charge is 2.36. The van der Waals surface area contributed by atoms with Crippen LogP contribution in [0.2, 0.25) is 0 Å². The number of urea groups is 1. The third-order valence-corrected chi connectivity index (χ3v) is 5.66. The van der Waals surface area contributed by atoms with Gasteiger partial charge in [0.1, 0.15) is 0 Å². The quantitative estimate of drug-likeness (QED) is 0.874. The topological polar surface area (TPSA) is 83.7 Å². The van der Waals surface area contributed by atoms with Gasteiger partial charge in [0.2, 0.25) is 0 Å². The number of fused-ring (bicyclic) bond motifs is 1. The highest BCUT2D eigenvalue weighted by Crippen LogP contribution is 2.26. The number of aromatic nitrogens is 2. The molecule has 3 heterocycles. The maximum atomic E-state index is 12.9. The molecule has 28 heavy (non-hydrogen) atoms. The minimum Gasteiger partial charge on any atom is -0.375 e. The highest BCUT2D eigenvalue weighted by molar-refractivity contribution is 5.91. The third kappa shape index (κ3) is 3.74. The molecule has 8 heteroatoms. The Bertz CT molecular complexity index is 852. The summed E-state index contributed by atoms with van der Waals surface area (Å²) in [5.41, 5.74) is 2.54. The number of aryl methyl sites for hydroxylation is 2. The Hall–Kier alpha value is -2.45. The first-order valence-corrected chi connectivity index (χ1v) is 9.86. The average Bonchev–Trinajstić information content (AvgIpc) is 3.19. The van der Waals surface area contributed by atoms with Crippen LogP contribution in [-0.2, 0) is 11.2 Å². The lowest BCUT2D eigenvalue weighted by Crippen LogP contribution is -2.60. The summed E-state index contributed by atoms with van der Waals surface area (Å²) < 4.78 is 11.2. The Kier molecular flexibility index (Phi) is 5.32. The van der Waals surface area contributed by atoms with E-state index in [4.69, 9.17) is 9.26 Å². The standard InChI is InChI=1S/C20H27N5O3/c1-4-18-22-19(28-23-18)14-6-5-13(2)15(11-14)21-20(26)25-8-7-17-16(12-25)24(3)9-10-27-17/h5-6,11,16-17H,4,7-10,12H2,1-3H3,(H,21,26)/t16-,17+/m1/s1. The first-order valence-electron chi connectivity index (χ1n) is 9.86. The predicted octanol–water partition coefficient (Wildman–Crippen LogP) is 2.54. The van der Waals surface area contributed by atoms with Gasteiger partial charge in [-0.1, -0.05) is 18.1 Å². The smallest absolute Gasteiger partial charge is 0.321 e. The van der Waals surface area contributed by atoms with Crippen molar-refractivity contribution in [3.8, 4) is 11.5 Å². The Balaban J connectivity index is 1.47. The molecule has 0 bridgehead atoms. The van der Waals surface area contributed by atoms with Crippen LogP contribution in [0.25, 0.3) is 11.5 Å². The molecule has 1 aromatic heterocycles. The molecule has 2 atom stereocenters. The number of nitrogens with zero attached hydrogens (tertiary/aromatic N) is 4.